The smallest absolute Gasteiger partial charge is 0.270 e. The number of thiazole rings is 1. The van der Waals surface area contributed by atoms with Crippen molar-refractivity contribution in [3.63, 3.8) is 0 Å². The van der Waals surface area contributed by atoms with Crippen molar-refractivity contribution < 1.29 is 9.53 Å². The van der Waals surface area contributed by atoms with Crippen LogP contribution in [0.5, 0.6) is 0 Å². The maximum absolute atomic E-state index is 12.0. The summed E-state index contributed by atoms with van der Waals surface area (Å²) in [5, 5.41) is 5.56. The second-order valence-corrected chi connectivity index (χ2v) is 6.32. The SMILES string of the molecule is COCc1nc(C(=O)NCCN(C(C)C)C2CC2)cs1. The first-order chi connectivity index (χ1) is 9.61. The van der Waals surface area contributed by atoms with Gasteiger partial charge in [0.1, 0.15) is 10.7 Å². The van der Waals surface area contributed by atoms with Crippen LogP contribution in [-0.4, -0.2) is 48.1 Å². The lowest BCUT2D eigenvalue weighted by molar-refractivity contribution is 0.0939. The Hall–Kier alpha value is -0.980. The average Bonchev–Trinajstić information content (AvgIpc) is 3.13. The molecule has 0 saturated heterocycles. The number of amides is 1. The van der Waals surface area contributed by atoms with E-state index < -0.39 is 0 Å². The van der Waals surface area contributed by atoms with E-state index in [2.05, 4.69) is 29.0 Å². The number of hydrogen-bond donors (Lipinski definition) is 1. The number of hydrogen-bond acceptors (Lipinski definition) is 5. The van der Waals surface area contributed by atoms with E-state index in [-0.39, 0.29) is 5.91 Å². The molecule has 1 aromatic heterocycles. The monoisotopic (exact) mass is 297 g/mol. The van der Waals surface area contributed by atoms with Crippen LogP contribution in [-0.2, 0) is 11.3 Å². The molecule has 2 rings (SSSR count). The van der Waals surface area contributed by atoms with E-state index in [1.165, 1.54) is 24.2 Å². The Balaban J connectivity index is 1.76. The van der Waals surface area contributed by atoms with Crippen molar-refractivity contribution in [3.8, 4) is 0 Å². The normalized spacial score (nSPS) is 15.1. The van der Waals surface area contributed by atoms with E-state index in [0.29, 0.717) is 24.9 Å². The molecular weight excluding hydrogens is 274 g/mol. The molecule has 1 N–H and O–H groups in total. The summed E-state index contributed by atoms with van der Waals surface area (Å²) in [6, 6.07) is 1.26. The number of carbonyl (C=O) groups is 1. The highest BCUT2D eigenvalue weighted by Crippen LogP contribution is 2.27. The van der Waals surface area contributed by atoms with Crippen molar-refractivity contribution in [2.75, 3.05) is 20.2 Å². The van der Waals surface area contributed by atoms with Crippen LogP contribution >= 0.6 is 11.3 Å². The summed E-state index contributed by atoms with van der Waals surface area (Å²) in [6.45, 7) is 6.45. The zero-order valence-corrected chi connectivity index (χ0v) is 13.2. The van der Waals surface area contributed by atoms with Gasteiger partial charge in [0.25, 0.3) is 5.91 Å². The second-order valence-electron chi connectivity index (χ2n) is 5.38. The minimum atomic E-state index is -0.0943. The highest BCUT2D eigenvalue weighted by Gasteiger charge is 2.30. The van der Waals surface area contributed by atoms with Crippen molar-refractivity contribution >= 4 is 17.2 Å². The second kappa shape index (κ2) is 7.15. The Bertz CT molecular complexity index is 441. The Labute approximate surface area is 124 Å². The van der Waals surface area contributed by atoms with Crippen LogP contribution in [0, 0.1) is 0 Å². The summed E-state index contributed by atoms with van der Waals surface area (Å²) in [7, 11) is 1.62. The number of aromatic nitrogens is 1. The molecule has 112 valence electrons. The largest absolute Gasteiger partial charge is 0.378 e. The number of carbonyl (C=O) groups excluding carboxylic acids is 1. The van der Waals surface area contributed by atoms with Crippen LogP contribution in [0.15, 0.2) is 5.38 Å². The van der Waals surface area contributed by atoms with Gasteiger partial charge in [-0.2, -0.15) is 0 Å². The van der Waals surface area contributed by atoms with Crippen LogP contribution in [0.2, 0.25) is 0 Å². The fourth-order valence-corrected chi connectivity index (χ4v) is 3.01. The van der Waals surface area contributed by atoms with Crippen LogP contribution in [0.3, 0.4) is 0 Å². The molecule has 1 heterocycles. The zero-order valence-electron chi connectivity index (χ0n) is 12.4. The highest BCUT2D eigenvalue weighted by molar-refractivity contribution is 7.09. The standard InChI is InChI=1S/C14H23N3O2S/c1-10(2)17(11-4-5-11)7-6-15-14(18)12-9-20-13(16-12)8-19-3/h9-11H,4-8H2,1-3H3,(H,15,18). The average molecular weight is 297 g/mol. The molecular formula is C14H23N3O2S. The molecule has 0 spiro atoms. The molecule has 6 heteroatoms. The molecule has 0 radical (unpaired) electrons. The van der Waals surface area contributed by atoms with Crippen LogP contribution in [0.4, 0.5) is 0 Å². The molecule has 0 atom stereocenters. The molecule has 20 heavy (non-hydrogen) atoms. The third-order valence-electron chi connectivity index (χ3n) is 3.39. The number of ether oxygens (including phenoxy) is 1. The van der Waals surface area contributed by atoms with Crippen LogP contribution < -0.4 is 5.32 Å². The predicted octanol–water partition coefficient (Wildman–Crippen LogP) is 1.89. The van der Waals surface area contributed by atoms with Gasteiger partial charge in [0, 0.05) is 37.7 Å². The molecule has 0 unspecified atom stereocenters. The molecule has 0 bridgehead atoms. The predicted molar refractivity (Wildman–Crippen MR) is 80.0 cm³/mol. The van der Waals surface area contributed by atoms with E-state index in [1.807, 2.05) is 0 Å². The van der Waals surface area contributed by atoms with Gasteiger partial charge in [-0.05, 0) is 26.7 Å². The minimum Gasteiger partial charge on any atom is -0.378 e. The molecule has 1 fully saturated rings. The maximum atomic E-state index is 12.0. The van der Waals surface area contributed by atoms with E-state index in [9.17, 15) is 4.79 Å². The van der Waals surface area contributed by atoms with Gasteiger partial charge < -0.3 is 10.1 Å². The van der Waals surface area contributed by atoms with E-state index in [4.69, 9.17) is 4.74 Å². The van der Waals surface area contributed by atoms with Gasteiger partial charge in [-0.1, -0.05) is 0 Å². The van der Waals surface area contributed by atoms with Gasteiger partial charge in [0.05, 0.1) is 6.61 Å². The van der Waals surface area contributed by atoms with Gasteiger partial charge in [-0.15, -0.1) is 11.3 Å². The summed E-state index contributed by atoms with van der Waals surface area (Å²) >= 11 is 1.45. The summed E-state index contributed by atoms with van der Waals surface area (Å²) in [4.78, 5) is 18.7. The van der Waals surface area contributed by atoms with E-state index >= 15 is 0 Å². The Morgan fingerprint density at radius 3 is 2.95 bits per heavy atom. The first-order valence-electron chi connectivity index (χ1n) is 7.09. The molecule has 0 aromatic carbocycles. The first-order valence-corrected chi connectivity index (χ1v) is 7.97. The summed E-state index contributed by atoms with van der Waals surface area (Å²) in [6.07, 6.45) is 2.58. The number of nitrogens with one attached hydrogen (secondary N) is 1. The molecule has 5 nitrogen and oxygen atoms in total. The highest BCUT2D eigenvalue weighted by atomic mass is 32.1. The first kappa shape index (κ1) is 15.4. The fraction of sp³-hybridized carbons (Fsp3) is 0.714. The van der Waals surface area contributed by atoms with Crippen LogP contribution in [0.25, 0.3) is 0 Å². The zero-order chi connectivity index (χ0) is 14.5. The molecule has 1 aromatic rings. The van der Waals surface area contributed by atoms with Crippen molar-refractivity contribution in [1.82, 2.24) is 15.2 Å². The number of rotatable bonds is 8. The summed E-state index contributed by atoms with van der Waals surface area (Å²) in [5.41, 5.74) is 0.490. The van der Waals surface area contributed by atoms with Gasteiger partial charge in [0.2, 0.25) is 0 Å². The minimum absolute atomic E-state index is 0.0943. The Morgan fingerprint density at radius 2 is 2.35 bits per heavy atom. The van der Waals surface area contributed by atoms with Gasteiger partial charge in [-0.3, -0.25) is 9.69 Å². The Kier molecular flexibility index (Phi) is 5.51. The maximum Gasteiger partial charge on any atom is 0.270 e. The molecule has 1 aliphatic carbocycles. The lowest BCUT2D eigenvalue weighted by atomic mass is 10.3. The molecule has 0 aliphatic heterocycles. The van der Waals surface area contributed by atoms with Gasteiger partial charge in [0.15, 0.2) is 0 Å². The number of nitrogens with zero attached hydrogens (tertiary/aromatic N) is 2. The quantitative estimate of drug-likeness (QED) is 0.796. The molecule has 1 saturated carbocycles. The lowest BCUT2D eigenvalue weighted by Crippen LogP contribution is -2.40. The van der Waals surface area contributed by atoms with Gasteiger partial charge in [-0.25, -0.2) is 4.98 Å². The molecule has 1 amide bonds. The Morgan fingerprint density at radius 1 is 1.60 bits per heavy atom. The van der Waals surface area contributed by atoms with Crippen molar-refractivity contribution in [3.05, 3.63) is 16.1 Å². The topological polar surface area (TPSA) is 54.5 Å². The van der Waals surface area contributed by atoms with E-state index in [1.54, 1.807) is 12.5 Å². The van der Waals surface area contributed by atoms with Crippen molar-refractivity contribution in [2.45, 2.75) is 45.4 Å². The molecule has 1 aliphatic rings. The third-order valence-corrected chi connectivity index (χ3v) is 4.21. The summed E-state index contributed by atoms with van der Waals surface area (Å²) in [5.74, 6) is -0.0943. The lowest BCUT2D eigenvalue weighted by Gasteiger charge is -2.26. The van der Waals surface area contributed by atoms with Crippen LogP contribution in [0.1, 0.15) is 42.2 Å². The van der Waals surface area contributed by atoms with Gasteiger partial charge >= 0.3 is 0 Å². The van der Waals surface area contributed by atoms with Crippen molar-refractivity contribution in [1.29, 1.82) is 0 Å². The fourth-order valence-electron chi connectivity index (χ4n) is 2.26. The van der Waals surface area contributed by atoms with E-state index in [0.717, 1.165) is 17.6 Å². The number of methoxy groups -OCH3 is 1. The third kappa shape index (κ3) is 4.26. The summed E-state index contributed by atoms with van der Waals surface area (Å²) < 4.78 is 5.00. The van der Waals surface area contributed by atoms with Crippen molar-refractivity contribution in [2.24, 2.45) is 0 Å².